The van der Waals surface area contributed by atoms with Crippen LogP contribution in [-0.4, -0.2) is 84.5 Å². The topological polar surface area (TPSA) is 180 Å². The highest BCUT2D eigenvalue weighted by atomic mass is 17.2. The van der Waals surface area contributed by atoms with Gasteiger partial charge >= 0.3 is 11.9 Å². The van der Waals surface area contributed by atoms with Crippen LogP contribution in [0.4, 0.5) is 0 Å². The van der Waals surface area contributed by atoms with Gasteiger partial charge in [0.05, 0.1) is 6.61 Å². The SMILES string of the molecule is C=CC(=O)OOCC(O)COC(O)COc1ccc(C(C)(C)c2ccc(C(CC(O)OCOCO)OC(=O)C=C)cc2)cc1. The van der Waals surface area contributed by atoms with Gasteiger partial charge in [0, 0.05) is 24.0 Å². The van der Waals surface area contributed by atoms with Crippen molar-refractivity contribution < 1.29 is 63.5 Å². The van der Waals surface area contributed by atoms with Crippen LogP contribution in [0.25, 0.3) is 0 Å². The zero-order valence-corrected chi connectivity index (χ0v) is 24.7. The number of benzene rings is 2. The summed E-state index contributed by atoms with van der Waals surface area (Å²) < 4.78 is 25.8. The molecule has 13 heteroatoms. The average molecular weight is 621 g/mol. The van der Waals surface area contributed by atoms with E-state index in [1.54, 1.807) is 24.3 Å². The van der Waals surface area contributed by atoms with E-state index in [4.69, 9.17) is 24.1 Å². The molecular weight excluding hydrogens is 580 g/mol. The van der Waals surface area contributed by atoms with Crippen molar-refractivity contribution in [3.8, 4) is 5.75 Å². The first-order valence-electron chi connectivity index (χ1n) is 13.6. The molecule has 4 atom stereocenters. The van der Waals surface area contributed by atoms with Crippen molar-refractivity contribution in [3.05, 3.63) is 90.5 Å². The number of esters is 1. The van der Waals surface area contributed by atoms with Gasteiger partial charge < -0.3 is 44.1 Å². The van der Waals surface area contributed by atoms with Crippen molar-refractivity contribution in [3.63, 3.8) is 0 Å². The number of carbonyl (C=O) groups excluding carboxylic acids is 2. The number of hydrogen-bond acceptors (Lipinski definition) is 13. The van der Waals surface area contributed by atoms with Gasteiger partial charge in [-0.15, -0.1) is 0 Å². The average Bonchev–Trinajstić information content (AvgIpc) is 3.02. The van der Waals surface area contributed by atoms with Gasteiger partial charge in [0.2, 0.25) is 0 Å². The molecule has 0 fully saturated rings. The standard InChI is InChI=1S/C31H40O13/c1-5-27(34)43-26(15-29(36)41-20-38-19-32)21-7-9-22(10-8-21)31(3,4)23-11-13-25(14-12-23)39-18-30(37)40-16-24(33)17-42-44-28(35)6-2/h5-14,24,26,29-30,32-33,36-37H,1-2,15-20H2,3-4H3. The third-order valence-electron chi connectivity index (χ3n) is 6.30. The van der Waals surface area contributed by atoms with E-state index in [1.807, 2.05) is 38.1 Å². The fourth-order valence-electron chi connectivity index (χ4n) is 3.80. The van der Waals surface area contributed by atoms with E-state index in [2.05, 4.69) is 27.7 Å². The first-order valence-corrected chi connectivity index (χ1v) is 13.6. The number of ether oxygens (including phenoxy) is 5. The maximum atomic E-state index is 11.9. The molecule has 0 amide bonds. The fraction of sp³-hybridized carbons (Fsp3) is 0.419. The second-order valence-corrected chi connectivity index (χ2v) is 9.85. The maximum absolute atomic E-state index is 11.9. The number of carbonyl (C=O) groups is 2. The Morgan fingerprint density at radius 2 is 1.45 bits per heavy atom. The molecular formula is C31H40O13. The van der Waals surface area contributed by atoms with Crippen molar-refractivity contribution in [2.75, 3.05) is 33.4 Å². The van der Waals surface area contributed by atoms with E-state index < -0.39 is 48.9 Å². The molecule has 0 saturated heterocycles. The first kappa shape index (κ1) is 36.5. The van der Waals surface area contributed by atoms with Gasteiger partial charge in [0.1, 0.15) is 38.0 Å². The molecule has 0 radical (unpaired) electrons. The molecule has 4 unspecified atom stereocenters. The van der Waals surface area contributed by atoms with E-state index in [9.17, 15) is 24.9 Å². The van der Waals surface area contributed by atoms with Crippen LogP contribution in [-0.2, 0) is 43.7 Å². The Morgan fingerprint density at radius 3 is 2.05 bits per heavy atom. The molecule has 13 nitrogen and oxygen atoms in total. The molecule has 242 valence electrons. The van der Waals surface area contributed by atoms with Crippen LogP contribution >= 0.6 is 0 Å². The van der Waals surface area contributed by atoms with Gasteiger partial charge in [-0.25, -0.2) is 9.59 Å². The molecule has 2 aromatic carbocycles. The highest BCUT2D eigenvalue weighted by Crippen LogP contribution is 2.34. The summed E-state index contributed by atoms with van der Waals surface area (Å²) in [7, 11) is 0. The van der Waals surface area contributed by atoms with Gasteiger partial charge in [-0.05, 0) is 28.8 Å². The summed E-state index contributed by atoms with van der Waals surface area (Å²) in [5.74, 6) is -0.974. The normalized spacial score (nSPS) is 14.1. The first-order chi connectivity index (χ1) is 21.0. The Balaban J connectivity index is 1.95. The summed E-state index contributed by atoms with van der Waals surface area (Å²) in [4.78, 5) is 31.6. The molecule has 0 spiro atoms. The zero-order valence-electron chi connectivity index (χ0n) is 24.7. The van der Waals surface area contributed by atoms with Crippen molar-refractivity contribution in [1.82, 2.24) is 0 Å². The largest absolute Gasteiger partial charge is 0.488 e. The van der Waals surface area contributed by atoms with Gasteiger partial charge in [-0.2, -0.15) is 4.89 Å². The summed E-state index contributed by atoms with van der Waals surface area (Å²) in [6, 6.07) is 14.7. The monoisotopic (exact) mass is 620 g/mol. The molecule has 0 saturated carbocycles. The van der Waals surface area contributed by atoms with Crippen molar-refractivity contribution in [2.45, 2.75) is 50.5 Å². The minimum atomic E-state index is -1.33. The quantitative estimate of drug-likeness (QED) is 0.0399. The Kier molecular flexibility index (Phi) is 15.7. The summed E-state index contributed by atoms with van der Waals surface area (Å²) in [5.41, 5.74) is 2.13. The van der Waals surface area contributed by atoms with Crippen LogP contribution in [0.3, 0.4) is 0 Å². The number of rotatable bonds is 21. The third-order valence-corrected chi connectivity index (χ3v) is 6.30. The van der Waals surface area contributed by atoms with E-state index in [-0.39, 0.29) is 33.0 Å². The Morgan fingerprint density at radius 1 is 0.841 bits per heavy atom. The second-order valence-electron chi connectivity index (χ2n) is 9.85. The number of aliphatic hydroxyl groups is 4. The highest BCUT2D eigenvalue weighted by molar-refractivity contribution is 5.81. The number of aliphatic hydroxyl groups excluding tert-OH is 4. The van der Waals surface area contributed by atoms with Gasteiger partial charge in [-0.1, -0.05) is 63.4 Å². The van der Waals surface area contributed by atoms with Crippen molar-refractivity contribution >= 4 is 11.9 Å². The number of hydrogen-bond donors (Lipinski definition) is 4. The van der Waals surface area contributed by atoms with Crippen LogP contribution in [0.2, 0.25) is 0 Å². The third kappa shape index (κ3) is 12.5. The van der Waals surface area contributed by atoms with Gasteiger partial charge in [0.25, 0.3) is 0 Å². The Labute approximate surface area is 255 Å². The van der Waals surface area contributed by atoms with Crippen LogP contribution in [0, 0.1) is 0 Å². The lowest BCUT2D eigenvalue weighted by molar-refractivity contribution is -0.281. The lowest BCUT2D eigenvalue weighted by Gasteiger charge is -2.27. The molecule has 0 aromatic heterocycles. The van der Waals surface area contributed by atoms with E-state index >= 15 is 0 Å². The van der Waals surface area contributed by atoms with Crippen molar-refractivity contribution in [1.29, 1.82) is 0 Å². The summed E-state index contributed by atoms with van der Waals surface area (Å²) in [6.45, 7) is 8.97. The fourth-order valence-corrected chi connectivity index (χ4v) is 3.80. The van der Waals surface area contributed by atoms with Crippen molar-refractivity contribution in [2.24, 2.45) is 0 Å². The van der Waals surface area contributed by atoms with E-state index in [1.165, 1.54) is 0 Å². The van der Waals surface area contributed by atoms with E-state index in [0.717, 1.165) is 23.3 Å². The molecule has 2 aromatic rings. The molecule has 0 aliphatic heterocycles. The van der Waals surface area contributed by atoms with Gasteiger partial charge in [0.15, 0.2) is 19.4 Å². The lowest BCUT2D eigenvalue weighted by Crippen LogP contribution is -2.29. The van der Waals surface area contributed by atoms with Gasteiger partial charge in [-0.3, -0.25) is 4.89 Å². The van der Waals surface area contributed by atoms with Crippen LogP contribution in [0.15, 0.2) is 73.8 Å². The highest BCUT2D eigenvalue weighted by Gasteiger charge is 2.25. The molecule has 44 heavy (non-hydrogen) atoms. The maximum Gasteiger partial charge on any atom is 0.365 e. The predicted octanol–water partition coefficient (Wildman–Crippen LogP) is 2.17. The zero-order chi connectivity index (χ0) is 32.5. The van der Waals surface area contributed by atoms with E-state index in [0.29, 0.717) is 11.3 Å². The Hall–Kier alpha value is -3.66. The molecule has 0 bridgehead atoms. The van der Waals surface area contributed by atoms with Crippen LogP contribution < -0.4 is 4.74 Å². The second kappa shape index (κ2) is 18.9. The molecule has 0 aliphatic rings. The summed E-state index contributed by atoms with van der Waals surface area (Å²) in [6.07, 6.45) is -2.74. The molecule has 0 aliphatic carbocycles. The minimum Gasteiger partial charge on any atom is -0.488 e. The Bertz CT molecular complexity index is 1160. The van der Waals surface area contributed by atoms with Crippen LogP contribution in [0.1, 0.15) is 43.1 Å². The summed E-state index contributed by atoms with van der Waals surface area (Å²) >= 11 is 0. The molecule has 4 N–H and O–H groups in total. The predicted molar refractivity (Wildman–Crippen MR) is 154 cm³/mol. The smallest absolute Gasteiger partial charge is 0.365 e. The molecule has 0 heterocycles. The van der Waals surface area contributed by atoms with Crippen LogP contribution in [0.5, 0.6) is 5.75 Å². The minimum absolute atomic E-state index is 0.0689. The summed E-state index contributed by atoms with van der Waals surface area (Å²) in [5, 5.41) is 38.6. The lowest BCUT2D eigenvalue weighted by atomic mass is 9.78. The molecule has 2 rings (SSSR count).